The fourth-order valence-electron chi connectivity index (χ4n) is 5.04. The van der Waals surface area contributed by atoms with E-state index in [4.69, 9.17) is 0 Å². The molecule has 0 aliphatic carbocycles. The van der Waals surface area contributed by atoms with Gasteiger partial charge in [0.05, 0.1) is 0 Å². The molecular formula is C36H27BrN4O2. The number of amides is 1. The van der Waals surface area contributed by atoms with Crippen molar-refractivity contribution in [2.45, 2.75) is 13.0 Å². The number of benzene rings is 5. The molecule has 7 heteroatoms. The minimum Gasteiger partial charge on any atom is -0.291 e. The number of carbonyl (C=O) groups excluding carboxylic acids is 2. The van der Waals surface area contributed by atoms with E-state index in [0.29, 0.717) is 28.3 Å². The van der Waals surface area contributed by atoms with Crippen LogP contribution in [0.3, 0.4) is 0 Å². The van der Waals surface area contributed by atoms with Crippen LogP contribution in [0, 0.1) is 6.92 Å². The molecule has 0 saturated carbocycles. The number of Topliss-reactive ketones (excluding diaryl/α,β-unsaturated/α-hetero) is 1. The summed E-state index contributed by atoms with van der Waals surface area (Å²) in [5, 5.41) is 8.96. The van der Waals surface area contributed by atoms with Gasteiger partial charge in [0.25, 0.3) is 5.91 Å². The lowest BCUT2D eigenvalue weighted by Gasteiger charge is -2.31. The Labute approximate surface area is 258 Å². The molecule has 210 valence electrons. The van der Waals surface area contributed by atoms with E-state index in [1.54, 1.807) is 16.7 Å². The molecular weight excluding hydrogens is 600 g/mol. The number of aryl methyl sites for hydroxylation is 1. The second kappa shape index (κ2) is 12.4. The summed E-state index contributed by atoms with van der Waals surface area (Å²) in [4.78, 5) is 30.8. The zero-order valence-corrected chi connectivity index (χ0v) is 24.9. The normalized spacial score (nSPS) is 11.6. The Hall–Kier alpha value is -5.14. The third-order valence-electron chi connectivity index (χ3n) is 7.18. The molecule has 0 radical (unpaired) electrons. The summed E-state index contributed by atoms with van der Waals surface area (Å²) >= 11 is 3.51. The third-order valence-corrected chi connectivity index (χ3v) is 7.71. The van der Waals surface area contributed by atoms with Gasteiger partial charge in [0.1, 0.15) is 6.04 Å². The van der Waals surface area contributed by atoms with Crippen LogP contribution in [0.4, 0.5) is 5.69 Å². The molecule has 1 heterocycles. The van der Waals surface area contributed by atoms with Crippen molar-refractivity contribution in [1.29, 1.82) is 0 Å². The Kier molecular flexibility index (Phi) is 8.07. The van der Waals surface area contributed by atoms with Crippen molar-refractivity contribution in [3.8, 4) is 17.1 Å². The van der Waals surface area contributed by atoms with E-state index in [2.05, 4.69) is 26.1 Å². The van der Waals surface area contributed by atoms with Gasteiger partial charge < -0.3 is 0 Å². The van der Waals surface area contributed by atoms with Crippen molar-refractivity contribution in [1.82, 2.24) is 14.8 Å². The number of ketones is 1. The maximum Gasteiger partial charge on any atom is 0.297 e. The molecule has 0 fully saturated rings. The predicted octanol–water partition coefficient (Wildman–Crippen LogP) is 8.28. The number of rotatable bonds is 8. The van der Waals surface area contributed by atoms with Gasteiger partial charge in [-0.3, -0.25) is 19.1 Å². The van der Waals surface area contributed by atoms with Gasteiger partial charge in [-0.1, -0.05) is 125 Å². The lowest BCUT2D eigenvalue weighted by molar-refractivity contribution is 0.0890. The third kappa shape index (κ3) is 5.80. The van der Waals surface area contributed by atoms with Crippen LogP contribution in [0.25, 0.3) is 17.1 Å². The van der Waals surface area contributed by atoms with E-state index in [0.717, 1.165) is 15.6 Å². The average molecular weight is 628 g/mol. The van der Waals surface area contributed by atoms with E-state index in [-0.39, 0.29) is 11.6 Å². The summed E-state index contributed by atoms with van der Waals surface area (Å²) in [7, 11) is 0. The van der Waals surface area contributed by atoms with Crippen molar-refractivity contribution >= 4 is 33.3 Å². The molecule has 1 unspecified atom stereocenters. The van der Waals surface area contributed by atoms with E-state index in [1.807, 2.05) is 134 Å². The van der Waals surface area contributed by atoms with Crippen molar-refractivity contribution < 1.29 is 9.59 Å². The Balaban J connectivity index is 1.58. The van der Waals surface area contributed by atoms with E-state index in [9.17, 15) is 9.59 Å². The van der Waals surface area contributed by atoms with Gasteiger partial charge in [-0.15, -0.1) is 10.2 Å². The fourth-order valence-corrected chi connectivity index (χ4v) is 5.31. The van der Waals surface area contributed by atoms with Crippen LogP contribution < -0.4 is 4.90 Å². The van der Waals surface area contributed by atoms with Gasteiger partial charge in [0, 0.05) is 27.0 Å². The number of anilines is 1. The molecule has 0 spiro atoms. The first-order valence-corrected chi connectivity index (χ1v) is 14.6. The quantitative estimate of drug-likeness (QED) is 0.159. The number of hydrogen-bond donors (Lipinski definition) is 0. The van der Waals surface area contributed by atoms with Gasteiger partial charge in [0.15, 0.2) is 11.6 Å². The molecule has 43 heavy (non-hydrogen) atoms. The van der Waals surface area contributed by atoms with Gasteiger partial charge in [0.2, 0.25) is 5.82 Å². The van der Waals surface area contributed by atoms with Crippen molar-refractivity contribution in [3.05, 3.63) is 167 Å². The van der Waals surface area contributed by atoms with Gasteiger partial charge in [-0.2, -0.15) is 0 Å². The monoisotopic (exact) mass is 626 g/mol. The highest BCUT2D eigenvalue weighted by atomic mass is 79.9. The SMILES string of the molecule is Cc1ccc(N(C(=O)c2nnc(-c3ccccc3)n2-c2ccc(Br)cc2)C(C(=O)c2ccccc2)c2ccccc2)cc1. The predicted molar refractivity (Wildman–Crippen MR) is 172 cm³/mol. The molecule has 0 N–H and O–H groups in total. The first-order valence-electron chi connectivity index (χ1n) is 13.8. The molecule has 6 rings (SSSR count). The highest BCUT2D eigenvalue weighted by Crippen LogP contribution is 2.34. The van der Waals surface area contributed by atoms with E-state index >= 15 is 0 Å². The molecule has 1 amide bonds. The number of hydrogen-bond acceptors (Lipinski definition) is 4. The summed E-state index contributed by atoms with van der Waals surface area (Å²) in [6.45, 7) is 1.98. The molecule has 0 aliphatic rings. The fraction of sp³-hybridized carbons (Fsp3) is 0.0556. The second-order valence-electron chi connectivity index (χ2n) is 10.1. The summed E-state index contributed by atoms with van der Waals surface area (Å²) in [6, 6.07) is 42.3. The number of nitrogens with zero attached hydrogens (tertiary/aromatic N) is 4. The van der Waals surface area contributed by atoms with Crippen LogP contribution in [0.15, 0.2) is 144 Å². The lowest BCUT2D eigenvalue weighted by Crippen LogP contribution is -2.40. The average Bonchev–Trinajstić information content (AvgIpc) is 3.50. The van der Waals surface area contributed by atoms with E-state index in [1.165, 1.54) is 4.90 Å². The van der Waals surface area contributed by atoms with Crippen LogP contribution in [0.5, 0.6) is 0 Å². The molecule has 1 atom stereocenters. The molecule has 0 bridgehead atoms. The van der Waals surface area contributed by atoms with Gasteiger partial charge >= 0.3 is 0 Å². The van der Waals surface area contributed by atoms with Crippen molar-refractivity contribution in [2.75, 3.05) is 4.90 Å². The van der Waals surface area contributed by atoms with Crippen molar-refractivity contribution in [3.63, 3.8) is 0 Å². The summed E-state index contributed by atoms with van der Waals surface area (Å²) in [5.74, 6) is -0.0670. The van der Waals surface area contributed by atoms with Crippen LogP contribution >= 0.6 is 15.9 Å². The van der Waals surface area contributed by atoms with Gasteiger partial charge in [-0.05, 0) is 48.9 Å². The molecule has 6 nitrogen and oxygen atoms in total. The first-order chi connectivity index (χ1) is 21.0. The zero-order valence-electron chi connectivity index (χ0n) is 23.3. The van der Waals surface area contributed by atoms with Gasteiger partial charge in [-0.25, -0.2) is 0 Å². The molecule has 6 aromatic rings. The summed E-state index contributed by atoms with van der Waals surface area (Å²) in [6.07, 6.45) is 0. The minimum absolute atomic E-state index is 0.0866. The number of carbonyl (C=O) groups is 2. The standard InChI is InChI=1S/C36H27BrN4O2/c1-25-17-21-30(22-18-25)40(32(26-11-5-2-6-12-26)33(42)27-13-7-3-8-14-27)36(43)35-39-38-34(28-15-9-4-10-16-28)41(35)31-23-19-29(37)20-24-31/h2-24,32H,1H3. The second-order valence-corrected chi connectivity index (χ2v) is 11.0. The van der Waals surface area contributed by atoms with E-state index < -0.39 is 11.9 Å². The minimum atomic E-state index is -0.964. The Morgan fingerprint density at radius 3 is 1.91 bits per heavy atom. The van der Waals surface area contributed by atoms with Crippen LogP contribution in [-0.4, -0.2) is 26.5 Å². The zero-order chi connectivity index (χ0) is 29.8. The number of aromatic nitrogens is 3. The van der Waals surface area contributed by atoms with Crippen LogP contribution in [-0.2, 0) is 0 Å². The topological polar surface area (TPSA) is 68.1 Å². The molecule has 5 aromatic carbocycles. The smallest absolute Gasteiger partial charge is 0.291 e. The Morgan fingerprint density at radius 1 is 0.698 bits per heavy atom. The number of halogens is 1. The maximum atomic E-state index is 14.9. The largest absolute Gasteiger partial charge is 0.297 e. The Morgan fingerprint density at radius 2 is 1.28 bits per heavy atom. The van der Waals surface area contributed by atoms with Crippen LogP contribution in [0.1, 0.15) is 38.1 Å². The molecule has 0 aliphatic heterocycles. The first kappa shape index (κ1) is 28.0. The van der Waals surface area contributed by atoms with Crippen molar-refractivity contribution in [2.24, 2.45) is 0 Å². The molecule has 1 aromatic heterocycles. The summed E-state index contributed by atoms with van der Waals surface area (Å²) < 4.78 is 2.65. The highest BCUT2D eigenvalue weighted by molar-refractivity contribution is 9.10. The molecule has 0 saturated heterocycles. The Bertz CT molecular complexity index is 1850. The summed E-state index contributed by atoms with van der Waals surface area (Å²) in [5.41, 5.74) is 4.30. The maximum absolute atomic E-state index is 14.9. The highest BCUT2D eigenvalue weighted by Gasteiger charge is 2.36. The van der Waals surface area contributed by atoms with Crippen LogP contribution in [0.2, 0.25) is 0 Å². The lowest BCUT2D eigenvalue weighted by atomic mass is 9.95.